The largest absolute Gasteiger partial charge is 0.496 e. The fourth-order valence-corrected chi connectivity index (χ4v) is 7.86. The number of hydrogen-bond donors (Lipinski definition) is 5. The fraction of sp³-hybridized carbons (Fsp3) is 0.341. The molecular formula is C44H54N8O7S. The first-order valence-corrected chi connectivity index (χ1v) is 21.3. The van der Waals surface area contributed by atoms with Crippen LogP contribution in [0.4, 0.5) is 27.7 Å². The van der Waals surface area contributed by atoms with Crippen molar-refractivity contribution >= 4 is 55.6 Å². The van der Waals surface area contributed by atoms with E-state index in [0.717, 1.165) is 44.7 Å². The molecule has 2 heterocycles. The zero-order valence-electron chi connectivity index (χ0n) is 35.1. The van der Waals surface area contributed by atoms with E-state index in [1.807, 2.05) is 45.0 Å². The number of amides is 3. The number of likely N-dealkylation sites (N-methyl/N-ethyl adjacent to an activating group) is 1. The van der Waals surface area contributed by atoms with Crippen molar-refractivity contribution in [1.82, 2.24) is 24.8 Å². The lowest BCUT2D eigenvalue weighted by molar-refractivity contribution is 0.0935. The van der Waals surface area contributed by atoms with Crippen molar-refractivity contribution in [2.45, 2.75) is 38.0 Å². The quantitative estimate of drug-likeness (QED) is 0.0734. The summed E-state index contributed by atoms with van der Waals surface area (Å²) in [6.45, 7) is 14.5. The minimum absolute atomic E-state index is 0.00809. The summed E-state index contributed by atoms with van der Waals surface area (Å²) in [5, 5.41) is 13.4. The number of sulfonamides is 1. The number of piperazine rings is 1. The van der Waals surface area contributed by atoms with Gasteiger partial charge in [-0.3, -0.25) is 9.69 Å². The van der Waals surface area contributed by atoms with Crippen LogP contribution in [0.25, 0.3) is 10.8 Å². The summed E-state index contributed by atoms with van der Waals surface area (Å²) >= 11 is 0. The van der Waals surface area contributed by atoms with E-state index in [2.05, 4.69) is 47.7 Å². The summed E-state index contributed by atoms with van der Waals surface area (Å²) in [5.74, 6) is 1.79. The van der Waals surface area contributed by atoms with Crippen LogP contribution < -0.4 is 40.2 Å². The van der Waals surface area contributed by atoms with Gasteiger partial charge >= 0.3 is 6.03 Å². The van der Waals surface area contributed by atoms with Gasteiger partial charge in [-0.15, -0.1) is 0 Å². The molecule has 1 aliphatic heterocycles. The minimum atomic E-state index is -3.92. The predicted molar refractivity (Wildman–Crippen MR) is 236 cm³/mol. The number of ether oxygens (including phenoxy) is 3. The summed E-state index contributed by atoms with van der Waals surface area (Å²) in [4.78, 5) is 35.8. The Bertz CT molecular complexity index is 2450. The minimum Gasteiger partial charge on any atom is -0.496 e. The number of rotatable bonds is 15. The number of methoxy groups -OCH3 is 2. The summed E-state index contributed by atoms with van der Waals surface area (Å²) in [6.07, 6.45) is 1.62. The maximum Gasteiger partial charge on any atom is 0.323 e. The van der Waals surface area contributed by atoms with Gasteiger partial charge in [0.05, 0.1) is 31.2 Å². The van der Waals surface area contributed by atoms with Crippen LogP contribution in [0.1, 0.15) is 43.6 Å². The van der Waals surface area contributed by atoms with Crippen molar-refractivity contribution in [2.24, 2.45) is 0 Å². The van der Waals surface area contributed by atoms with Gasteiger partial charge in [0.1, 0.15) is 28.0 Å². The van der Waals surface area contributed by atoms with Crippen molar-refractivity contribution in [1.29, 1.82) is 0 Å². The van der Waals surface area contributed by atoms with Crippen molar-refractivity contribution in [2.75, 3.05) is 83.0 Å². The van der Waals surface area contributed by atoms with Crippen LogP contribution >= 0.6 is 0 Å². The predicted octanol–water partition coefficient (Wildman–Crippen LogP) is 7.00. The van der Waals surface area contributed by atoms with Crippen LogP contribution in [0.2, 0.25) is 0 Å². The second-order valence-electron chi connectivity index (χ2n) is 15.3. The average molecular weight is 839 g/mol. The van der Waals surface area contributed by atoms with E-state index < -0.39 is 21.5 Å². The van der Waals surface area contributed by atoms with E-state index in [9.17, 15) is 18.0 Å². The number of pyridine rings is 1. The highest BCUT2D eigenvalue weighted by Gasteiger charge is 2.27. The van der Waals surface area contributed by atoms with Gasteiger partial charge in [-0.2, -0.15) is 0 Å². The molecule has 5 N–H and O–H groups in total. The van der Waals surface area contributed by atoms with E-state index in [0.29, 0.717) is 57.5 Å². The fourth-order valence-electron chi connectivity index (χ4n) is 6.92. The van der Waals surface area contributed by atoms with E-state index in [1.165, 1.54) is 21.3 Å². The Morgan fingerprint density at radius 3 is 2.22 bits per heavy atom. The first-order valence-electron chi connectivity index (χ1n) is 19.8. The lowest BCUT2D eigenvalue weighted by Crippen LogP contribution is -2.48. The molecule has 3 amide bonds. The second kappa shape index (κ2) is 19.0. The molecule has 318 valence electrons. The highest BCUT2D eigenvalue weighted by molar-refractivity contribution is 7.89. The number of nitrogens with zero attached hydrogens (tertiary/aromatic N) is 3. The van der Waals surface area contributed by atoms with Gasteiger partial charge in [-0.05, 0) is 67.0 Å². The Kier molecular flexibility index (Phi) is 13.8. The van der Waals surface area contributed by atoms with Gasteiger partial charge < -0.3 is 40.4 Å². The van der Waals surface area contributed by atoms with Crippen LogP contribution in [0, 0.1) is 0 Å². The van der Waals surface area contributed by atoms with E-state index in [4.69, 9.17) is 14.2 Å². The Morgan fingerprint density at radius 1 is 0.817 bits per heavy atom. The molecule has 5 aromatic rings. The molecule has 16 heteroatoms. The maximum absolute atomic E-state index is 13.5. The summed E-state index contributed by atoms with van der Waals surface area (Å²) in [6, 6.07) is 22.4. The van der Waals surface area contributed by atoms with Gasteiger partial charge in [0.15, 0.2) is 5.75 Å². The van der Waals surface area contributed by atoms with Gasteiger partial charge in [0.25, 0.3) is 5.91 Å². The number of urea groups is 1. The standard InChI is InChI=1S/C44H54N8O7S/c1-8-51-21-23-52(24-22-51)20-19-47-42(53)34-14-13-30(27-38(34)57-6)48-40-28-31(17-18-46-40)59-37-16-15-35(32-11-9-10-12-33(32)37)49-43(54)50-36-25-29(44(2,3)4)26-39(41(36)58-7)60(55,56)45-5/h9-18,25-28,45H,8,19-24H2,1-7H3,(H,46,48)(H,47,53)(H2,49,50,54). The van der Waals surface area contributed by atoms with Crippen LogP contribution in [0.3, 0.4) is 0 Å². The smallest absolute Gasteiger partial charge is 0.323 e. The van der Waals surface area contributed by atoms with Crippen LogP contribution in [0.5, 0.6) is 23.0 Å². The van der Waals surface area contributed by atoms with E-state index >= 15 is 0 Å². The third kappa shape index (κ3) is 10.4. The van der Waals surface area contributed by atoms with Crippen LogP contribution in [0.15, 0.2) is 90.0 Å². The summed E-state index contributed by atoms with van der Waals surface area (Å²) in [5.41, 5.74) is 2.06. The van der Waals surface area contributed by atoms with E-state index in [1.54, 1.807) is 60.8 Å². The number of carbonyl (C=O) groups excluding carboxylic acids is 2. The Labute approximate surface area is 351 Å². The maximum atomic E-state index is 13.5. The monoisotopic (exact) mass is 838 g/mol. The molecule has 0 atom stereocenters. The molecule has 15 nitrogen and oxygen atoms in total. The van der Waals surface area contributed by atoms with Crippen molar-refractivity contribution in [3.8, 4) is 23.0 Å². The molecule has 4 aromatic carbocycles. The number of anilines is 4. The second-order valence-corrected chi connectivity index (χ2v) is 17.2. The SMILES string of the molecule is CCN1CCN(CCNC(=O)c2ccc(Nc3cc(Oc4ccc(NC(=O)Nc5cc(C(C)(C)C)cc(S(=O)(=O)NC)c5OC)c5ccccc45)ccn3)cc2OC)CC1. The van der Waals surface area contributed by atoms with Crippen LogP contribution in [-0.2, 0) is 15.4 Å². The molecule has 1 fully saturated rings. The Hall–Kier alpha value is -5.94. The molecular weight excluding hydrogens is 785 g/mol. The van der Waals surface area contributed by atoms with Gasteiger partial charge in [-0.25, -0.2) is 22.9 Å². The number of carbonyl (C=O) groups is 2. The zero-order chi connectivity index (χ0) is 43.0. The summed E-state index contributed by atoms with van der Waals surface area (Å²) < 4.78 is 45.8. The normalized spacial score (nSPS) is 13.7. The Balaban J connectivity index is 1.14. The third-order valence-electron chi connectivity index (χ3n) is 10.4. The molecule has 0 bridgehead atoms. The molecule has 0 radical (unpaired) electrons. The molecule has 60 heavy (non-hydrogen) atoms. The molecule has 1 aliphatic rings. The number of benzene rings is 4. The third-order valence-corrected chi connectivity index (χ3v) is 11.8. The highest BCUT2D eigenvalue weighted by atomic mass is 32.2. The zero-order valence-corrected chi connectivity index (χ0v) is 36.0. The first kappa shape index (κ1) is 43.6. The van der Waals surface area contributed by atoms with Crippen molar-refractivity contribution in [3.63, 3.8) is 0 Å². The number of aromatic nitrogens is 1. The topological polar surface area (TPSA) is 175 Å². The molecule has 1 saturated heterocycles. The molecule has 6 rings (SSSR count). The van der Waals surface area contributed by atoms with E-state index in [-0.39, 0.29) is 22.2 Å². The molecule has 0 aliphatic carbocycles. The average Bonchev–Trinajstić information content (AvgIpc) is 3.24. The number of fused-ring (bicyclic) bond motifs is 1. The van der Waals surface area contributed by atoms with Gasteiger partial charge in [0, 0.05) is 74.1 Å². The lowest BCUT2D eigenvalue weighted by atomic mass is 9.86. The molecule has 0 unspecified atom stereocenters. The van der Waals surface area contributed by atoms with Gasteiger partial charge in [0.2, 0.25) is 10.0 Å². The Morgan fingerprint density at radius 2 is 1.53 bits per heavy atom. The molecule has 1 aromatic heterocycles. The molecule has 0 spiro atoms. The lowest BCUT2D eigenvalue weighted by Gasteiger charge is -2.33. The molecule has 0 saturated carbocycles. The first-order chi connectivity index (χ1) is 28.7. The summed E-state index contributed by atoms with van der Waals surface area (Å²) in [7, 11) is 0.284. The van der Waals surface area contributed by atoms with Gasteiger partial charge in [-0.1, -0.05) is 52.0 Å². The van der Waals surface area contributed by atoms with Crippen molar-refractivity contribution < 1.29 is 32.2 Å². The number of nitrogens with one attached hydrogen (secondary N) is 5. The highest BCUT2D eigenvalue weighted by Crippen LogP contribution is 2.39. The van der Waals surface area contributed by atoms with Crippen LogP contribution in [-0.4, -0.2) is 102 Å². The number of hydrogen-bond acceptors (Lipinski definition) is 11. The van der Waals surface area contributed by atoms with Crippen molar-refractivity contribution in [3.05, 3.63) is 96.2 Å².